The summed E-state index contributed by atoms with van der Waals surface area (Å²) >= 11 is 0. The molecule has 1 unspecified atom stereocenters. The van der Waals surface area contributed by atoms with Gasteiger partial charge < -0.3 is 20.5 Å². The van der Waals surface area contributed by atoms with Crippen molar-refractivity contribution < 1.29 is 61.2 Å². The zero-order valence-corrected chi connectivity index (χ0v) is 19.2. The summed E-state index contributed by atoms with van der Waals surface area (Å²) in [6.07, 6.45) is 4.72. The molecule has 2 fully saturated rings. The first-order chi connectivity index (χ1) is 12.8. The maximum Gasteiger partial charge on any atom is 1.00 e. The SMILES string of the molecule is OC[C@@H]1CC(Cc2ccc([N-]c3ccc(OCC4CC4)cc3)cc2)CN1.[K+]. The molecule has 2 aliphatic rings. The molecule has 0 spiro atoms. The van der Waals surface area contributed by atoms with E-state index >= 15 is 0 Å². The third-order valence-corrected chi connectivity index (χ3v) is 5.27. The molecule has 1 saturated heterocycles. The topological polar surface area (TPSA) is 55.6 Å². The van der Waals surface area contributed by atoms with Crippen LogP contribution in [-0.2, 0) is 6.42 Å². The van der Waals surface area contributed by atoms with Crippen LogP contribution in [0.5, 0.6) is 5.75 Å². The van der Waals surface area contributed by atoms with Crippen LogP contribution in [0.4, 0.5) is 11.4 Å². The number of hydrogen-bond donors (Lipinski definition) is 2. The molecule has 1 saturated carbocycles. The first-order valence-corrected chi connectivity index (χ1v) is 9.66. The van der Waals surface area contributed by atoms with E-state index in [0.717, 1.165) is 49.0 Å². The summed E-state index contributed by atoms with van der Waals surface area (Å²) < 4.78 is 5.77. The van der Waals surface area contributed by atoms with E-state index in [4.69, 9.17) is 4.74 Å². The monoisotopic (exact) mass is 390 g/mol. The summed E-state index contributed by atoms with van der Waals surface area (Å²) in [7, 11) is 0. The Labute approximate surface area is 204 Å². The summed E-state index contributed by atoms with van der Waals surface area (Å²) in [5.41, 5.74) is 3.25. The number of hydrogen-bond acceptors (Lipinski definition) is 3. The third-order valence-electron chi connectivity index (χ3n) is 5.27. The van der Waals surface area contributed by atoms with Crippen LogP contribution in [0.3, 0.4) is 0 Å². The zero-order valence-electron chi connectivity index (χ0n) is 16.1. The van der Waals surface area contributed by atoms with Gasteiger partial charge in [-0.2, -0.15) is 0 Å². The van der Waals surface area contributed by atoms with Crippen molar-refractivity contribution in [1.82, 2.24) is 5.32 Å². The van der Waals surface area contributed by atoms with Crippen LogP contribution in [0.2, 0.25) is 0 Å². The van der Waals surface area contributed by atoms with Crippen molar-refractivity contribution in [3.05, 3.63) is 59.4 Å². The normalized spacial score (nSPS) is 21.5. The molecule has 2 aromatic rings. The number of aliphatic hydroxyl groups excluding tert-OH is 1. The van der Waals surface area contributed by atoms with Crippen molar-refractivity contribution in [2.75, 3.05) is 19.8 Å². The fourth-order valence-corrected chi connectivity index (χ4v) is 3.50. The van der Waals surface area contributed by atoms with E-state index in [1.165, 1.54) is 18.4 Å². The van der Waals surface area contributed by atoms with Gasteiger partial charge in [0.2, 0.25) is 0 Å². The van der Waals surface area contributed by atoms with E-state index < -0.39 is 0 Å². The van der Waals surface area contributed by atoms with Crippen molar-refractivity contribution in [1.29, 1.82) is 0 Å². The molecule has 138 valence electrons. The first kappa shape index (κ1) is 21.3. The molecule has 0 aromatic heterocycles. The Morgan fingerprint density at radius 3 is 2.22 bits per heavy atom. The van der Waals surface area contributed by atoms with E-state index in [1.54, 1.807) is 0 Å². The molecule has 0 radical (unpaired) electrons. The summed E-state index contributed by atoms with van der Waals surface area (Å²) in [6.45, 7) is 2.07. The average Bonchev–Trinajstić information content (AvgIpc) is 3.40. The molecule has 1 heterocycles. The molecular formula is C22H27KN2O2. The second-order valence-corrected chi connectivity index (χ2v) is 7.62. The van der Waals surface area contributed by atoms with Crippen LogP contribution in [0, 0.1) is 11.8 Å². The van der Waals surface area contributed by atoms with Gasteiger partial charge in [-0.3, -0.25) is 0 Å². The predicted octanol–water partition coefficient (Wildman–Crippen LogP) is 1.33. The second-order valence-electron chi connectivity index (χ2n) is 7.62. The minimum Gasteiger partial charge on any atom is -0.658 e. The number of nitrogens with one attached hydrogen (secondary N) is 1. The molecule has 0 bridgehead atoms. The zero-order chi connectivity index (χ0) is 17.8. The van der Waals surface area contributed by atoms with E-state index in [9.17, 15) is 5.11 Å². The fourth-order valence-electron chi connectivity index (χ4n) is 3.50. The Morgan fingerprint density at radius 2 is 1.63 bits per heavy atom. The van der Waals surface area contributed by atoms with Crippen molar-refractivity contribution in [2.45, 2.75) is 31.7 Å². The first-order valence-electron chi connectivity index (χ1n) is 9.66. The molecule has 2 aromatic carbocycles. The molecule has 5 heteroatoms. The largest absolute Gasteiger partial charge is 1.00 e. The van der Waals surface area contributed by atoms with Crippen LogP contribution in [-0.4, -0.2) is 30.9 Å². The number of benzene rings is 2. The quantitative estimate of drug-likeness (QED) is 0.669. The van der Waals surface area contributed by atoms with Gasteiger partial charge in [-0.25, -0.2) is 0 Å². The summed E-state index contributed by atoms with van der Waals surface area (Å²) in [5.74, 6) is 2.31. The summed E-state index contributed by atoms with van der Waals surface area (Å²) in [6, 6.07) is 16.8. The summed E-state index contributed by atoms with van der Waals surface area (Å²) in [5, 5.41) is 17.3. The smallest absolute Gasteiger partial charge is 0.658 e. The minimum atomic E-state index is 0. The van der Waals surface area contributed by atoms with Crippen molar-refractivity contribution in [3.63, 3.8) is 0 Å². The Hall–Kier alpha value is -0.404. The molecule has 1 aliphatic heterocycles. The average molecular weight is 391 g/mol. The Kier molecular flexibility index (Phi) is 8.20. The maximum absolute atomic E-state index is 9.22. The van der Waals surface area contributed by atoms with Crippen LogP contribution < -0.4 is 61.4 Å². The molecule has 0 amide bonds. The summed E-state index contributed by atoms with van der Waals surface area (Å²) in [4.78, 5) is 0. The van der Waals surface area contributed by atoms with Crippen LogP contribution in [0.1, 0.15) is 24.8 Å². The van der Waals surface area contributed by atoms with Gasteiger partial charge in [0.25, 0.3) is 0 Å². The van der Waals surface area contributed by atoms with Gasteiger partial charge in [0.15, 0.2) is 0 Å². The van der Waals surface area contributed by atoms with Gasteiger partial charge >= 0.3 is 51.4 Å². The standard InChI is InChI=1S/C22H27N2O2.K/c25-14-21-12-18(13-23-21)11-16-3-5-19(6-4-16)24-20-7-9-22(10-8-20)26-15-17-1-2-17;/h3-10,17-18,21,23,25H,1-2,11-15H2;/q-1;+1/t18?,21-;/m0./s1. The molecule has 2 atom stereocenters. The van der Waals surface area contributed by atoms with Gasteiger partial charge in [-0.1, -0.05) is 36.4 Å². The second kappa shape index (κ2) is 10.4. The maximum atomic E-state index is 9.22. The molecule has 4 nitrogen and oxygen atoms in total. The molecule has 4 rings (SSSR count). The van der Waals surface area contributed by atoms with Crippen LogP contribution >= 0.6 is 0 Å². The van der Waals surface area contributed by atoms with Crippen LogP contribution in [0.15, 0.2) is 48.5 Å². The van der Waals surface area contributed by atoms with Gasteiger partial charge in [-0.05, 0) is 61.8 Å². The van der Waals surface area contributed by atoms with E-state index in [1.807, 2.05) is 24.3 Å². The van der Waals surface area contributed by atoms with Gasteiger partial charge in [-0.15, -0.1) is 11.4 Å². The third kappa shape index (κ3) is 6.56. The Morgan fingerprint density at radius 1 is 0.963 bits per heavy atom. The van der Waals surface area contributed by atoms with Crippen LogP contribution in [0.25, 0.3) is 5.32 Å². The number of ether oxygens (including phenoxy) is 1. The predicted molar refractivity (Wildman–Crippen MR) is 104 cm³/mol. The van der Waals surface area contributed by atoms with Gasteiger partial charge in [0, 0.05) is 6.04 Å². The van der Waals surface area contributed by atoms with E-state index in [0.29, 0.717) is 5.92 Å². The van der Waals surface area contributed by atoms with E-state index in [-0.39, 0.29) is 64.0 Å². The fraction of sp³-hybridized carbons (Fsp3) is 0.455. The van der Waals surface area contributed by atoms with E-state index in [2.05, 4.69) is 34.9 Å². The van der Waals surface area contributed by atoms with Crippen molar-refractivity contribution >= 4 is 11.4 Å². The molecule has 27 heavy (non-hydrogen) atoms. The number of nitrogens with zero attached hydrogens (tertiary/aromatic N) is 1. The van der Waals surface area contributed by atoms with Crippen molar-refractivity contribution in [2.24, 2.45) is 11.8 Å². The molecule has 1 aliphatic carbocycles. The molecule has 2 N–H and O–H groups in total. The number of rotatable bonds is 8. The minimum absolute atomic E-state index is 0. The number of aliphatic hydroxyl groups is 1. The molecular weight excluding hydrogens is 363 g/mol. The van der Waals surface area contributed by atoms with Crippen molar-refractivity contribution in [3.8, 4) is 5.75 Å². The Bertz CT molecular complexity index is 701. The van der Waals surface area contributed by atoms with Gasteiger partial charge in [0.1, 0.15) is 5.75 Å². The van der Waals surface area contributed by atoms with Gasteiger partial charge in [0.05, 0.1) is 13.2 Å². The Balaban J connectivity index is 0.00000210.